The molecule has 146 valence electrons. The van der Waals surface area contributed by atoms with Crippen molar-refractivity contribution in [3.63, 3.8) is 0 Å². The van der Waals surface area contributed by atoms with Gasteiger partial charge in [-0.3, -0.25) is 5.32 Å². The van der Waals surface area contributed by atoms with Crippen LogP contribution in [0.1, 0.15) is 43.6 Å². The number of esters is 1. The van der Waals surface area contributed by atoms with Crippen molar-refractivity contribution >= 4 is 34.3 Å². The van der Waals surface area contributed by atoms with Crippen LogP contribution in [0.5, 0.6) is 0 Å². The van der Waals surface area contributed by atoms with Crippen LogP contribution >= 0.6 is 11.3 Å². The van der Waals surface area contributed by atoms with E-state index in [1.165, 1.54) is 19.4 Å². The number of carbonyl (C=O) groups excluding carboxylic acids is 2. The summed E-state index contributed by atoms with van der Waals surface area (Å²) in [5.41, 5.74) is -0.325. The van der Waals surface area contributed by atoms with Crippen LogP contribution in [-0.2, 0) is 9.53 Å². The van der Waals surface area contributed by atoms with Gasteiger partial charge in [-0.1, -0.05) is 0 Å². The predicted octanol–water partition coefficient (Wildman–Crippen LogP) is 3.26. The van der Waals surface area contributed by atoms with Crippen LogP contribution in [0.4, 0.5) is 9.80 Å². The van der Waals surface area contributed by atoms with E-state index in [2.05, 4.69) is 15.6 Å². The fourth-order valence-electron chi connectivity index (χ4n) is 2.18. The first-order chi connectivity index (χ1) is 12.5. The minimum atomic E-state index is -1.20. The highest BCUT2D eigenvalue weighted by Crippen LogP contribution is 2.39. The van der Waals surface area contributed by atoms with E-state index in [1.54, 1.807) is 27.7 Å². The number of oxazole rings is 1. The van der Waals surface area contributed by atoms with Crippen molar-refractivity contribution in [2.24, 2.45) is 0 Å². The molecule has 9 nitrogen and oxygen atoms in total. The molecule has 2 amide bonds. The first-order valence-corrected chi connectivity index (χ1v) is 8.88. The molecule has 0 unspecified atom stereocenters. The Morgan fingerprint density at radius 1 is 1.33 bits per heavy atom. The summed E-state index contributed by atoms with van der Waals surface area (Å²) >= 11 is 1.02. The van der Waals surface area contributed by atoms with Gasteiger partial charge in [-0.15, -0.1) is 11.3 Å². The summed E-state index contributed by atoms with van der Waals surface area (Å²) in [6.45, 7) is 8.23. The van der Waals surface area contributed by atoms with Crippen molar-refractivity contribution < 1.29 is 28.6 Å². The molecule has 0 fully saturated rings. The Morgan fingerprint density at radius 3 is 2.52 bits per heavy atom. The lowest BCUT2D eigenvalue weighted by Crippen LogP contribution is -2.44. The fourth-order valence-corrected chi connectivity index (χ4v) is 3.32. The van der Waals surface area contributed by atoms with Crippen LogP contribution in [0.2, 0.25) is 0 Å². The van der Waals surface area contributed by atoms with Crippen LogP contribution in [0.15, 0.2) is 16.9 Å². The third-order valence-corrected chi connectivity index (χ3v) is 4.52. The lowest BCUT2D eigenvalue weighted by molar-refractivity contribution is -0.156. The minimum Gasteiger partial charge on any atom is -0.478 e. The first-order valence-electron chi connectivity index (χ1n) is 8.06. The summed E-state index contributed by atoms with van der Waals surface area (Å²) in [6, 6.07) is -1.64. The van der Waals surface area contributed by atoms with E-state index in [-0.39, 0.29) is 16.5 Å². The third kappa shape index (κ3) is 5.07. The zero-order chi connectivity index (χ0) is 20.4. The quantitative estimate of drug-likeness (QED) is 0.662. The van der Waals surface area contributed by atoms with Crippen molar-refractivity contribution in [2.75, 3.05) is 5.32 Å². The van der Waals surface area contributed by atoms with E-state index in [0.717, 1.165) is 11.3 Å². The van der Waals surface area contributed by atoms with Gasteiger partial charge in [-0.05, 0) is 40.2 Å². The number of amides is 2. The molecule has 0 aromatic carbocycles. The average Bonchev–Trinajstić information content (AvgIpc) is 3.13. The maximum atomic E-state index is 12.2. The minimum absolute atomic E-state index is 0.0618. The van der Waals surface area contributed by atoms with Crippen molar-refractivity contribution in [2.45, 2.75) is 46.3 Å². The number of nitrogens with one attached hydrogen (secondary N) is 2. The molecular weight excluding hydrogens is 374 g/mol. The largest absolute Gasteiger partial charge is 0.478 e. The van der Waals surface area contributed by atoms with Crippen molar-refractivity contribution in [3.8, 4) is 10.8 Å². The molecule has 2 aromatic rings. The zero-order valence-corrected chi connectivity index (χ0v) is 16.4. The fraction of sp³-hybridized carbons (Fsp3) is 0.412. The normalized spacial score (nSPS) is 12.3. The monoisotopic (exact) mass is 395 g/mol. The number of aromatic carboxylic acids is 1. The summed E-state index contributed by atoms with van der Waals surface area (Å²) in [5.74, 6) is -1.54. The van der Waals surface area contributed by atoms with Crippen LogP contribution in [-0.4, -0.2) is 39.7 Å². The number of aromatic nitrogens is 1. The molecule has 1 atom stereocenters. The topological polar surface area (TPSA) is 131 Å². The van der Waals surface area contributed by atoms with Crippen LogP contribution in [0, 0.1) is 6.92 Å². The highest BCUT2D eigenvalue weighted by molar-refractivity contribution is 7.20. The number of carboxylic acid groups (broad SMARTS) is 1. The smallest absolute Gasteiger partial charge is 0.339 e. The van der Waals surface area contributed by atoms with Gasteiger partial charge >= 0.3 is 18.0 Å². The Kier molecular flexibility index (Phi) is 5.89. The van der Waals surface area contributed by atoms with E-state index >= 15 is 0 Å². The third-order valence-electron chi connectivity index (χ3n) is 3.32. The molecule has 2 heterocycles. The Labute approximate surface area is 159 Å². The summed E-state index contributed by atoms with van der Waals surface area (Å²) in [7, 11) is 0. The summed E-state index contributed by atoms with van der Waals surface area (Å²) in [6.07, 6.45) is 2.81. The molecule has 2 rings (SSSR count). The maximum absolute atomic E-state index is 12.2. The van der Waals surface area contributed by atoms with E-state index in [4.69, 9.17) is 9.15 Å². The molecule has 3 N–H and O–H groups in total. The SMILES string of the molecule is Cc1c(-c2ncco2)sc(NC(=O)N[C@H](C)C(=O)OC(C)(C)C)c1C(=O)O. The van der Waals surface area contributed by atoms with Gasteiger partial charge in [0.15, 0.2) is 0 Å². The Hall–Kier alpha value is -2.88. The van der Waals surface area contributed by atoms with Gasteiger partial charge < -0.3 is 19.6 Å². The number of ether oxygens (including phenoxy) is 1. The number of hydrogen-bond donors (Lipinski definition) is 3. The summed E-state index contributed by atoms with van der Waals surface area (Å²) in [4.78, 5) is 40.3. The molecule has 0 saturated heterocycles. The molecule has 0 saturated carbocycles. The number of carboxylic acids is 1. The van der Waals surface area contributed by atoms with E-state index in [9.17, 15) is 19.5 Å². The second kappa shape index (κ2) is 7.78. The molecule has 0 aliphatic heterocycles. The van der Waals surface area contributed by atoms with Crippen LogP contribution in [0.25, 0.3) is 10.8 Å². The standard InChI is InChI=1S/C17H21N3O6S/c1-8-10(14(21)22)13(27-11(8)12-18-6-7-25-12)20-16(24)19-9(2)15(23)26-17(3,4)5/h6-7,9H,1-5H3,(H,21,22)(H2,19,20,24)/t9-/m1/s1. The van der Waals surface area contributed by atoms with Crippen LogP contribution in [0.3, 0.4) is 0 Å². The predicted molar refractivity (Wildman–Crippen MR) is 99.0 cm³/mol. The van der Waals surface area contributed by atoms with Crippen molar-refractivity contribution in [1.29, 1.82) is 0 Å². The van der Waals surface area contributed by atoms with Gasteiger partial charge in [0.2, 0.25) is 5.89 Å². The maximum Gasteiger partial charge on any atom is 0.339 e. The van der Waals surface area contributed by atoms with Gasteiger partial charge in [0.1, 0.15) is 22.9 Å². The Balaban J connectivity index is 2.17. The highest BCUT2D eigenvalue weighted by Gasteiger charge is 2.26. The number of urea groups is 1. The van der Waals surface area contributed by atoms with Gasteiger partial charge in [0.05, 0.1) is 16.6 Å². The molecule has 0 aliphatic rings. The lowest BCUT2D eigenvalue weighted by atomic mass is 10.1. The van der Waals surface area contributed by atoms with Crippen molar-refractivity contribution in [1.82, 2.24) is 10.3 Å². The van der Waals surface area contributed by atoms with Gasteiger partial charge in [0, 0.05) is 0 Å². The van der Waals surface area contributed by atoms with Crippen LogP contribution < -0.4 is 10.6 Å². The summed E-state index contributed by atoms with van der Waals surface area (Å²) < 4.78 is 10.4. The molecule has 10 heteroatoms. The Morgan fingerprint density at radius 2 is 2.00 bits per heavy atom. The molecule has 27 heavy (non-hydrogen) atoms. The highest BCUT2D eigenvalue weighted by atomic mass is 32.1. The first kappa shape index (κ1) is 20.4. The van der Waals surface area contributed by atoms with E-state index < -0.39 is 29.6 Å². The molecule has 0 radical (unpaired) electrons. The van der Waals surface area contributed by atoms with Gasteiger partial charge in [-0.25, -0.2) is 19.4 Å². The summed E-state index contributed by atoms with van der Waals surface area (Å²) in [5, 5.41) is 14.5. The molecule has 0 aliphatic carbocycles. The van der Waals surface area contributed by atoms with E-state index in [0.29, 0.717) is 10.4 Å². The number of thiophene rings is 1. The molecule has 0 spiro atoms. The molecule has 2 aromatic heterocycles. The zero-order valence-electron chi connectivity index (χ0n) is 15.6. The van der Waals surface area contributed by atoms with Gasteiger partial charge in [-0.2, -0.15) is 0 Å². The second-order valence-corrected chi connectivity index (χ2v) is 7.78. The number of hydrogen-bond acceptors (Lipinski definition) is 7. The van der Waals surface area contributed by atoms with Crippen molar-refractivity contribution in [3.05, 3.63) is 23.6 Å². The van der Waals surface area contributed by atoms with Gasteiger partial charge in [0.25, 0.3) is 0 Å². The second-order valence-electron chi connectivity index (χ2n) is 6.76. The molecule has 0 bridgehead atoms. The average molecular weight is 395 g/mol. The van der Waals surface area contributed by atoms with E-state index in [1.807, 2.05) is 0 Å². The Bertz CT molecular complexity index is 851. The lowest BCUT2D eigenvalue weighted by Gasteiger charge is -2.22. The number of carbonyl (C=O) groups is 3. The number of anilines is 1. The molecular formula is C17H21N3O6S. The number of rotatable bonds is 5. The number of nitrogens with zero attached hydrogens (tertiary/aromatic N) is 1.